The van der Waals surface area contributed by atoms with Gasteiger partial charge in [-0.2, -0.15) is 0 Å². The lowest BCUT2D eigenvalue weighted by molar-refractivity contribution is 0.236. The highest BCUT2D eigenvalue weighted by Crippen LogP contribution is 2.36. The van der Waals surface area contributed by atoms with Gasteiger partial charge in [0.15, 0.2) is 0 Å². The standard InChI is InChI=1S/C18H28N2O2S/c1-14(23(3)22)10-12-19-17(21)20-13-18(2)11-6-8-15-7-4-5-9-16(15)18/h4-5,7,9,14H,6,8,10-13H2,1-3H3,(H2,19,20,21)/t14-,18-,23+/m1/s1. The molecule has 0 aliphatic heterocycles. The molecular formula is C18H28N2O2S. The van der Waals surface area contributed by atoms with Crippen molar-refractivity contribution in [3.8, 4) is 0 Å². The maximum absolute atomic E-state index is 12.0. The summed E-state index contributed by atoms with van der Waals surface area (Å²) in [6.45, 7) is 5.37. The molecule has 0 spiro atoms. The molecular weight excluding hydrogens is 308 g/mol. The van der Waals surface area contributed by atoms with Crippen molar-refractivity contribution in [3.05, 3.63) is 35.4 Å². The summed E-state index contributed by atoms with van der Waals surface area (Å²) in [5.74, 6) is 0. The number of aryl methyl sites for hydroxylation is 1. The van der Waals surface area contributed by atoms with Crippen LogP contribution >= 0.6 is 0 Å². The molecule has 1 aromatic rings. The second-order valence-electron chi connectivity index (χ2n) is 6.78. The Balaban J connectivity index is 1.84. The number of amides is 2. The smallest absolute Gasteiger partial charge is 0.314 e. The molecule has 4 nitrogen and oxygen atoms in total. The number of benzene rings is 1. The van der Waals surface area contributed by atoms with Crippen LogP contribution in [0.4, 0.5) is 4.79 Å². The Morgan fingerprint density at radius 1 is 1.35 bits per heavy atom. The van der Waals surface area contributed by atoms with Crippen LogP contribution in [0.25, 0.3) is 0 Å². The van der Waals surface area contributed by atoms with Crippen LogP contribution in [0.5, 0.6) is 0 Å². The van der Waals surface area contributed by atoms with Crippen molar-refractivity contribution in [1.29, 1.82) is 0 Å². The highest BCUT2D eigenvalue weighted by molar-refractivity contribution is 7.84. The van der Waals surface area contributed by atoms with Crippen molar-refractivity contribution >= 4 is 16.8 Å². The first-order valence-electron chi connectivity index (χ1n) is 8.35. The van der Waals surface area contributed by atoms with Crippen LogP contribution in [0.1, 0.15) is 44.2 Å². The van der Waals surface area contributed by atoms with Crippen LogP contribution in [0, 0.1) is 0 Å². The summed E-state index contributed by atoms with van der Waals surface area (Å²) in [7, 11) is -0.836. The lowest BCUT2D eigenvalue weighted by atomic mass is 9.71. The van der Waals surface area contributed by atoms with E-state index < -0.39 is 10.8 Å². The number of hydrogen-bond donors (Lipinski definition) is 2. The number of urea groups is 1. The molecule has 1 aromatic carbocycles. The van der Waals surface area contributed by atoms with Gasteiger partial charge >= 0.3 is 6.03 Å². The van der Waals surface area contributed by atoms with Crippen LogP contribution in [0.15, 0.2) is 24.3 Å². The number of rotatable bonds is 6. The zero-order valence-corrected chi connectivity index (χ0v) is 15.2. The molecule has 2 N–H and O–H groups in total. The Morgan fingerprint density at radius 2 is 2.09 bits per heavy atom. The minimum atomic E-state index is -0.836. The normalized spacial score (nSPS) is 22.7. The summed E-state index contributed by atoms with van der Waals surface area (Å²) < 4.78 is 11.3. The van der Waals surface area contributed by atoms with E-state index >= 15 is 0 Å². The van der Waals surface area contributed by atoms with Gasteiger partial charge in [0, 0.05) is 40.8 Å². The first kappa shape index (κ1) is 18.0. The summed E-state index contributed by atoms with van der Waals surface area (Å²) in [4.78, 5) is 12.0. The van der Waals surface area contributed by atoms with Gasteiger partial charge in [0.1, 0.15) is 0 Å². The number of nitrogens with one attached hydrogen (secondary N) is 2. The topological polar surface area (TPSA) is 58.2 Å². The molecule has 0 bridgehead atoms. The molecule has 0 heterocycles. The zero-order chi connectivity index (χ0) is 16.9. The Morgan fingerprint density at radius 3 is 2.83 bits per heavy atom. The molecule has 0 fully saturated rings. The van der Waals surface area contributed by atoms with Gasteiger partial charge in [0.2, 0.25) is 0 Å². The van der Waals surface area contributed by atoms with Gasteiger partial charge in [0.25, 0.3) is 0 Å². The van der Waals surface area contributed by atoms with Crippen molar-refractivity contribution < 1.29 is 9.00 Å². The summed E-state index contributed by atoms with van der Waals surface area (Å²) in [6, 6.07) is 8.41. The Labute approximate surface area is 141 Å². The highest BCUT2D eigenvalue weighted by Gasteiger charge is 2.31. The van der Waals surface area contributed by atoms with Gasteiger partial charge in [-0.25, -0.2) is 4.79 Å². The third kappa shape index (κ3) is 4.80. The number of carbonyl (C=O) groups excluding carboxylic acids is 1. The summed E-state index contributed by atoms with van der Waals surface area (Å²) >= 11 is 0. The number of hydrogen-bond acceptors (Lipinski definition) is 2. The molecule has 0 unspecified atom stereocenters. The molecule has 3 atom stereocenters. The maximum atomic E-state index is 12.0. The number of fused-ring (bicyclic) bond motifs is 1. The van der Waals surface area contributed by atoms with Crippen molar-refractivity contribution in [2.45, 2.75) is 50.2 Å². The molecule has 2 rings (SSSR count). The molecule has 23 heavy (non-hydrogen) atoms. The Bertz CT molecular complexity index is 576. The van der Waals surface area contributed by atoms with Gasteiger partial charge < -0.3 is 10.6 Å². The van der Waals surface area contributed by atoms with Crippen LogP contribution in [-0.2, 0) is 22.6 Å². The molecule has 5 heteroatoms. The fourth-order valence-corrected chi connectivity index (χ4v) is 3.66. The highest BCUT2D eigenvalue weighted by atomic mass is 32.2. The van der Waals surface area contributed by atoms with E-state index in [0.29, 0.717) is 13.1 Å². The third-order valence-corrected chi connectivity index (χ3v) is 6.25. The largest absolute Gasteiger partial charge is 0.338 e. The van der Waals surface area contributed by atoms with E-state index in [9.17, 15) is 9.00 Å². The van der Waals surface area contributed by atoms with E-state index in [1.807, 2.05) is 6.92 Å². The first-order valence-corrected chi connectivity index (χ1v) is 9.97. The lowest BCUT2D eigenvalue weighted by Gasteiger charge is -2.36. The summed E-state index contributed by atoms with van der Waals surface area (Å²) in [6.07, 6.45) is 5.82. The van der Waals surface area contributed by atoms with Crippen LogP contribution in [0.3, 0.4) is 0 Å². The molecule has 0 radical (unpaired) electrons. The van der Waals surface area contributed by atoms with E-state index in [2.05, 4.69) is 41.8 Å². The van der Waals surface area contributed by atoms with Crippen LogP contribution in [-0.4, -0.2) is 34.8 Å². The lowest BCUT2D eigenvalue weighted by Crippen LogP contribution is -2.45. The van der Waals surface area contributed by atoms with Gasteiger partial charge in [-0.05, 0) is 36.8 Å². The average molecular weight is 337 g/mol. The van der Waals surface area contributed by atoms with Gasteiger partial charge in [-0.1, -0.05) is 38.1 Å². The van der Waals surface area contributed by atoms with Crippen molar-refractivity contribution in [3.63, 3.8) is 0 Å². The Kier molecular flexibility index (Phi) is 6.22. The predicted molar refractivity (Wildman–Crippen MR) is 96.3 cm³/mol. The van der Waals surface area contributed by atoms with E-state index in [-0.39, 0.29) is 16.7 Å². The van der Waals surface area contributed by atoms with E-state index in [1.165, 1.54) is 11.1 Å². The quantitative estimate of drug-likeness (QED) is 0.839. The minimum Gasteiger partial charge on any atom is -0.338 e. The van der Waals surface area contributed by atoms with Crippen molar-refractivity contribution in [2.24, 2.45) is 0 Å². The molecule has 1 aliphatic rings. The fourth-order valence-electron chi connectivity index (χ4n) is 3.21. The van der Waals surface area contributed by atoms with Crippen molar-refractivity contribution in [2.75, 3.05) is 19.3 Å². The molecule has 0 saturated carbocycles. The summed E-state index contributed by atoms with van der Waals surface area (Å²) in [5.41, 5.74) is 2.77. The second-order valence-corrected chi connectivity index (χ2v) is 8.58. The average Bonchev–Trinajstić information content (AvgIpc) is 2.53. The summed E-state index contributed by atoms with van der Waals surface area (Å²) in [5, 5.41) is 5.98. The Hall–Kier alpha value is -1.36. The monoisotopic (exact) mass is 336 g/mol. The van der Waals surface area contributed by atoms with Crippen LogP contribution in [0.2, 0.25) is 0 Å². The van der Waals surface area contributed by atoms with Crippen LogP contribution < -0.4 is 10.6 Å². The fraction of sp³-hybridized carbons (Fsp3) is 0.611. The molecule has 0 saturated heterocycles. The SMILES string of the molecule is C[C@H](CCNC(=O)NC[C@@]1(C)CCCc2ccccc21)[S@](C)=O. The van der Waals surface area contributed by atoms with Gasteiger partial charge in [0.05, 0.1) is 0 Å². The predicted octanol–water partition coefficient (Wildman–Crippen LogP) is 2.74. The molecule has 1 aliphatic carbocycles. The zero-order valence-electron chi connectivity index (χ0n) is 14.4. The maximum Gasteiger partial charge on any atom is 0.314 e. The second kappa shape index (κ2) is 7.95. The van der Waals surface area contributed by atoms with E-state index in [1.54, 1.807) is 6.26 Å². The van der Waals surface area contributed by atoms with Gasteiger partial charge in [-0.15, -0.1) is 0 Å². The number of carbonyl (C=O) groups is 1. The molecule has 2 amide bonds. The van der Waals surface area contributed by atoms with E-state index in [4.69, 9.17) is 0 Å². The first-order chi connectivity index (χ1) is 10.9. The third-order valence-electron chi connectivity index (χ3n) is 4.88. The molecule has 128 valence electrons. The molecule has 0 aromatic heterocycles. The van der Waals surface area contributed by atoms with Gasteiger partial charge in [-0.3, -0.25) is 4.21 Å². The van der Waals surface area contributed by atoms with E-state index in [0.717, 1.165) is 25.7 Å². The van der Waals surface area contributed by atoms with Crippen molar-refractivity contribution in [1.82, 2.24) is 10.6 Å². The minimum absolute atomic E-state index is 0.00436.